The second-order valence-corrected chi connectivity index (χ2v) is 5.49. The van der Waals surface area contributed by atoms with Crippen molar-refractivity contribution in [3.8, 4) is 0 Å². The molecule has 0 rings (SSSR count). The van der Waals surface area contributed by atoms with Crippen LogP contribution in [0.3, 0.4) is 0 Å². The number of hydrogen-bond donors (Lipinski definition) is 1. The van der Waals surface area contributed by atoms with E-state index in [1.54, 1.807) is 0 Å². The first kappa shape index (κ1) is 15.4. The van der Waals surface area contributed by atoms with E-state index in [1.165, 1.54) is 0 Å². The van der Waals surface area contributed by atoms with E-state index in [9.17, 15) is 4.79 Å². The van der Waals surface area contributed by atoms with Crippen molar-refractivity contribution in [2.24, 2.45) is 17.6 Å². The summed E-state index contributed by atoms with van der Waals surface area (Å²) in [7, 11) is 0. The van der Waals surface area contributed by atoms with Gasteiger partial charge in [-0.3, -0.25) is 4.79 Å². The smallest absolute Gasteiger partial charge is 0.174 e. The molecule has 0 aromatic rings. The average molecular weight is 225 g/mol. The second-order valence-electron chi connectivity index (χ2n) is 5.49. The fourth-order valence-electron chi connectivity index (χ4n) is 1.72. The summed E-state index contributed by atoms with van der Waals surface area (Å²) in [6, 6.07) is -0.355. The lowest BCUT2D eigenvalue weighted by molar-refractivity contribution is -0.117. The maximum atomic E-state index is 11.8. The molecular formula is C14H27NO. The second kappa shape index (κ2) is 7.61. The van der Waals surface area contributed by atoms with Gasteiger partial charge >= 0.3 is 0 Å². The van der Waals surface area contributed by atoms with E-state index in [2.05, 4.69) is 34.3 Å². The summed E-state index contributed by atoms with van der Waals surface area (Å²) < 4.78 is 0. The average Bonchev–Trinajstić information content (AvgIpc) is 2.14. The third kappa shape index (κ3) is 6.78. The Kier molecular flexibility index (Phi) is 7.31. The monoisotopic (exact) mass is 225 g/mol. The van der Waals surface area contributed by atoms with Crippen LogP contribution in [-0.2, 0) is 4.79 Å². The maximum Gasteiger partial charge on any atom is 0.174 e. The van der Waals surface area contributed by atoms with Crippen molar-refractivity contribution in [2.45, 2.75) is 59.4 Å². The molecule has 2 heteroatoms. The van der Waals surface area contributed by atoms with Gasteiger partial charge in [0.1, 0.15) is 0 Å². The largest absolute Gasteiger partial charge is 0.321 e. The molecule has 1 atom stereocenters. The van der Waals surface area contributed by atoms with Gasteiger partial charge in [0.15, 0.2) is 5.78 Å². The van der Waals surface area contributed by atoms with E-state index in [4.69, 9.17) is 5.73 Å². The van der Waals surface area contributed by atoms with Gasteiger partial charge in [0.2, 0.25) is 0 Å². The van der Waals surface area contributed by atoms with Crippen LogP contribution in [0.1, 0.15) is 53.4 Å². The van der Waals surface area contributed by atoms with E-state index in [0.29, 0.717) is 17.4 Å². The predicted molar refractivity (Wildman–Crippen MR) is 70.3 cm³/mol. The zero-order valence-electron chi connectivity index (χ0n) is 11.3. The molecule has 2 nitrogen and oxygen atoms in total. The minimum absolute atomic E-state index is 0.0532. The zero-order valence-corrected chi connectivity index (χ0v) is 11.3. The molecule has 0 saturated heterocycles. The van der Waals surface area contributed by atoms with E-state index in [0.717, 1.165) is 25.7 Å². The van der Waals surface area contributed by atoms with E-state index in [1.807, 2.05) is 0 Å². The summed E-state index contributed by atoms with van der Waals surface area (Å²) in [5.41, 5.74) is 6.54. The summed E-state index contributed by atoms with van der Waals surface area (Å²) in [6.07, 6.45) is 3.73. The molecule has 0 aliphatic heterocycles. The van der Waals surface area contributed by atoms with Crippen molar-refractivity contribution in [3.05, 3.63) is 12.2 Å². The Morgan fingerprint density at radius 2 is 1.75 bits per heavy atom. The number of hydrogen-bond acceptors (Lipinski definition) is 2. The summed E-state index contributed by atoms with van der Waals surface area (Å²) in [4.78, 5) is 11.8. The van der Waals surface area contributed by atoms with Crippen molar-refractivity contribution in [3.63, 3.8) is 0 Å². The van der Waals surface area contributed by atoms with Gasteiger partial charge in [0.25, 0.3) is 0 Å². The molecular weight excluding hydrogens is 198 g/mol. The molecule has 94 valence electrons. The van der Waals surface area contributed by atoms with Gasteiger partial charge < -0.3 is 5.73 Å². The van der Waals surface area contributed by atoms with Crippen LogP contribution >= 0.6 is 0 Å². The number of carbonyl (C=O) groups excluding carboxylic acids is 1. The standard InChI is InChI=1S/C14H27NO/c1-10(2)7-6-8-12(5)14(16)13(15)9-11(3)4/h10-11,13H,5-9,15H2,1-4H3/t13-/m1/s1. The molecule has 0 bridgehead atoms. The Labute approximate surface area is 100 Å². The van der Waals surface area contributed by atoms with E-state index in [-0.39, 0.29) is 11.8 Å². The summed E-state index contributed by atoms with van der Waals surface area (Å²) in [5, 5.41) is 0. The minimum atomic E-state index is -0.355. The van der Waals surface area contributed by atoms with Crippen molar-refractivity contribution in [1.29, 1.82) is 0 Å². The van der Waals surface area contributed by atoms with Crippen LogP contribution < -0.4 is 5.73 Å². The number of carbonyl (C=O) groups is 1. The highest BCUT2D eigenvalue weighted by Crippen LogP contribution is 2.14. The highest BCUT2D eigenvalue weighted by molar-refractivity contribution is 5.98. The topological polar surface area (TPSA) is 43.1 Å². The maximum absolute atomic E-state index is 11.8. The number of ketones is 1. The molecule has 0 radical (unpaired) electrons. The highest BCUT2D eigenvalue weighted by Gasteiger charge is 2.17. The van der Waals surface area contributed by atoms with Crippen LogP contribution in [0.5, 0.6) is 0 Å². The summed E-state index contributed by atoms with van der Waals surface area (Å²) in [5.74, 6) is 1.20. The van der Waals surface area contributed by atoms with Crippen LogP contribution in [0, 0.1) is 11.8 Å². The fraction of sp³-hybridized carbons (Fsp3) is 0.786. The van der Waals surface area contributed by atoms with Crippen LogP contribution in [0.25, 0.3) is 0 Å². The molecule has 0 aliphatic carbocycles. The predicted octanol–water partition coefficient (Wildman–Crippen LogP) is 3.31. The quantitative estimate of drug-likeness (QED) is 0.644. The van der Waals surface area contributed by atoms with Gasteiger partial charge in [-0.05, 0) is 36.7 Å². The molecule has 0 aromatic carbocycles. The Morgan fingerprint density at radius 1 is 1.19 bits per heavy atom. The third-order valence-electron chi connectivity index (χ3n) is 2.67. The number of nitrogens with two attached hydrogens (primary N) is 1. The van der Waals surface area contributed by atoms with Gasteiger partial charge in [-0.25, -0.2) is 0 Å². The van der Waals surface area contributed by atoms with Crippen molar-refractivity contribution < 1.29 is 4.79 Å². The number of Topliss-reactive ketones (excluding diaryl/α,β-unsaturated/α-hetero) is 1. The van der Waals surface area contributed by atoms with Gasteiger partial charge in [0.05, 0.1) is 6.04 Å². The van der Waals surface area contributed by atoms with Gasteiger partial charge in [0, 0.05) is 0 Å². The third-order valence-corrected chi connectivity index (χ3v) is 2.67. The molecule has 0 aliphatic rings. The Hall–Kier alpha value is -0.630. The Bertz CT molecular complexity index is 231. The van der Waals surface area contributed by atoms with Crippen LogP contribution in [-0.4, -0.2) is 11.8 Å². The molecule has 0 amide bonds. The fourth-order valence-corrected chi connectivity index (χ4v) is 1.72. The first-order chi connectivity index (χ1) is 7.34. The Morgan fingerprint density at radius 3 is 2.19 bits per heavy atom. The SMILES string of the molecule is C=C(CCCC(C)C)C(=O)[C@H](N)CC(C)C. The van der Waals surface area contributed by atoms with Crippen molar-refractivity contribution in [2.75, 3.05) is 0 Å². The summed E-state index contributed by atoms with van der Waals surface area (Å²) >= 11 is 0. The molecule has 0 spiro atoms. The van der Waals surface area contributed by atoms with Crippen molar-refractivity contribution >= 4 is 5.78 Å². The highest BCUT2D eigenvalue weighted by atomic mass is 16.1. The zero-order chi connectivity index (χ0) is 12.7. The van der Waals surface area contributed by atoms with Gasteiger partial charge in [-0.15, -0.1) is 0 Å². The normalized spacial score (nSPS) is 13.2. The lowest BCUT2D eigenvalue weighted by Crippen LogP contribution is -2.32. The summed E-state index contributed by atoms with van der Waals surface area (Å²) in [6.45, 7) is 12.4. The molecule has 0 fully saturated rings. The van der Waals surface area contributed by atoms with E-state index >= 15 is 0 Å². The lowest BCUT2D eigenvalue weighted by Gasteiger charge is -2.14. The molecule has 0 aromatic heterocycles. The molecule has 0 unspecified atom stereocenters. The van der Waals surface area contributed by atoms with E-state index < -0.39 is 0 Å². The van der Waals surface area contributed by atoms with Crippen LogP contribution in [0.4, 0.5) is 0 Å². The lowest BCUT2D eigenvalue weighted by atomic mass is 9.94. The molecule has 0 saturated carbocycles. The van der Waals surface area contributed by atoms with Crippen molar-refractivity contribution in [1.82, 2.24) is 0 Å². The molecule has 16 heavy (non-hydrogen) atoms. The molecule has 0 heterocycles. The van der Waals surface area contributed by atoms with Gasteiger partial charge in [-0.1, -0.05) is 40.7 Å². The first-order valence-corrected chi connectivity index (χ1v) is 6.32. The number of rotatable bonds is 8. The first-order valence-electron chi connectivity index (χ1n) is 6.32. The minimum Gasteiger partial charge on any atom is -0.321 e. The molecule has 2 N–H and O–H groups in total. The Balaban J connectivity index is 3.94. The van der Waals surface area contributed by atoms with Crippen LogP contribution in [0.15, 0.2) is 12.2 Å². The van der Waals surface area contributed by atoms with Crippen LogP contribution in [0.2, 0.25) is 0 Å². The van der Waals surface area contributed by atoms with Gasteiger partial charge in [-0.2, -0.15) is 0 Å².